The lowest BCUT2D eigenvalue weighted by Crippen LogP contribution is -2.42. The Morgan fingerprint density at radius 2 is 1.88 bits per heavy atom. The van der Waals surface area contributed by atoms with Crippen molar-refractivity contribution in [2.24, 2.45) is 11.8 Å². The monoisotopic (exact) mass is 346 g/mol. The molecule has 2 unspecified atom stereocenters. The van der Waals surface area contributed by atoms with E-state index in [1.54, 1.807) is 4.90 Å². The van der Waals surface area contributed by atoms with Gasteiger partial charge in [-0.3, -0.25) is 14.4 Å². The van der Waals surface area contributed by atoms with E-state index in [1.165, 1.54) is 4.90 Å². The Balaban J connectivity index is 2.09. The highest BCUT2D eigenvalue weighted by Gasteiger charge is 2.39. The molecule has 2 atom stereocenters. The molecular formula is C19H26N2O4. The molecule has 0 radical (unpaired) electrons. The largest absolute Gasteiger partial charge is 0.480 e. The van der Waals surface area contributed by atoms with Gasteiger partial charge in [-0.05, 0) is 18.4 Å². The van der Waals surface area contributed by atoms with Crippen LogP contribution in [0.15, 0.2) is 30.3 Å². The minimum atomic E-state index is -1.03. The summed E-state index contributed by atoms with van der Waals surface area (Å²) in [5.74, 6) is -1.65. The van der Waals surface area contributed by atoms with Crippen molar-refractivity contribution in [2.45, 2.75) is 33.2 Å². The van der Waals surface area contributed by atoms with Crippen molar-refractivity contribution in [1.29, 1.82) is 0 Å². The molecule has 6 heteroatoms. The Labute approximate surface area is 148 Å². The van der Waals surface area contributed by atoms with E-state index in [2.05, 4.69) is 0 Å². The van der Waals surface area contributed by atoms with Crippen molar-refractivity contribution in [2.75, 3.05) is 19.6 Å². The van der Waals surface area contributed by atoms with Crippen LogP contribution in [0.2, 0.25) is 0 Å². The summed E-state index contributed by atoms with van der Waals surface area (Å²) >= 11 is 0. The number of hydrogen-bond donors (Lipinski definition) is 1. The highest BCUT2D eigenvalue weighted by molar-refractivity contribution is 5.90. The molecule has 1 fully saturated rings. The third-order valence-electron chi connectivity index (χ3n) is 4.48. The fourth-order valence-corrected chi connectivity index (χ4v) is 3.28. The molecule has 1 aliphatic rings. The van der Waals surface area contributed by atoms with Gasteiger partial charge in [0.05, 0.1) is 12.0 Å². The van der Waals surface area contributed by atoms with Crippen LogP contribution >= 0.6 is 0 Å². The number of hydrogen-bond acceptors (Lipinski definition) is 3. The maximum absolute atomic E-state index is 12.8. The van der Waals surface area contributed by atoms with Crippen molar-refractivity contribution in [3.63, 3.8) is 0 Å². The number of nitrogens with zero attached hydrogens (tertiary/aromatic N) is 2. The Hall–Kier alpha value is -2.37. The highest BCUT2D eigenvalue weighted by Crippen LogP contribution is 2.29. The second kappa shape index (κ2) is 8.14. The Kier molecular flexibility index (Phi) is 6.17. The first kappa shape index (κ1) is 19.0. The zero-order valence-electron chi connectivity index (χ0n) is 15.0. The Morgan fingerprint density at radius 1 is 1.24 bits per heavy atom. The number of aliphatic carboxylic acids is 1. The number of amides is 2. The quantitative estimate of drug-likeness (QED) is 0.821. The second-order valence-corrected chi connectivity index (χ2v) is 7.04. The standard InChI is InChI=1S/C19H26N2O4/c1-13(2)10-20(12-18(23)24)19(25)16-9-17(22)21(11-16)14(3)15-7-5-4-6-8-15/h4-8,13-14,16H,9-12H2,1-3H3,(H,23,24). The fraction of sp³-hybridized carbons (Fsp3) is 0.526. The van der Waals surface area contributed by atoms with E-state index in [1.807, 2.05) is 51.1 Å². The van der Waals surface area contributed by atoms with E-state index in [0.29, 0.717) is 13.1 Å². The molecule has 0 aliphatic carbocycles. The minimum Gasteiger partial charge on any atom is -0.480 e. The van der Waals surface area contributed by atoms with Gasteiger partial charge in [0.15, 0.2) is 0 Å². The lowest BCUT2D eigenvalue weighted by Gasteiger charge is -2.27. The van der Waals surface area contributed by atoms with Crippen LogP contribution in [0.5, 0.6) is 0 Å². The fourth-order valence-electron chi connectivity index (χ4n) is 3.28. The van der Waals surface area contributed by atoms with Gasteiger partial charge < -0.3 is 14.9 Å². The number of benzene rings is 1. The molecule has 25 heavy (non-hydrogen) atoms. The van der Waals surface area contributed by atoms with E-state index in [4.69, 9.17) is 5.11 Å². The average Bonchev–Trinajstić information content (AvgIpc) is 2.94. The summed E-state index contributed by atoms with van der Waals surface area (Å²) in [4.78, 5) is 39.3. The first-order valence-electron chi connectivity index (χ1n) is 8.64. The SMILES string of the molecule is CC(C)CN(CC(=O)O)C(=O)C1CC(=O)N(C(C)c2ccccc2)C1. The third-order valence-corrected chi connectivity index (χ3v) is 4.48. The zero-order chi connectivity index (χ0) is 18.6. The van der Waals surface area contributed by atoms with E-state index >= 15 is 0 Å². The van der Waals surface area contributed by atoms with E-state index < -0.39 is 11.9 Å². The molecule has 1 saturated heterocycles. The normalized spacial score (nSPS) is 18.5. The number of carbonyl (C=O) groups excluding carboxylic acids is 2. The van der Waals surface area contributed by atoms with Crippen molar-refractivity contribution < 1.29 is 19.5 Å². The summed E-state index contributed by atoms with van der Waals surface area (Å²) in [6.45, 7) is 6.21. The third kappa shape index (κ3) is 4.81. The van der Waals surface area contributed by atoms with Gasteiger partial charge in [0.1, 0.15) is 6.54 Å². The lowest BCUT2D eigenvalue weighted by atomic mass is 10.1. The summed E-state index contributed by atoms with van der Waals surface area (Å²) in [6.07, 6.45) is 0.143. The minimum absolute atomic E-state index is 0.0606. The second-order valence-electron chi connectivity index (χ2n) is 7.04. The van der Waals surface area contributed by atoms with Crippen LogP contribution in [0.4, 0.5) is 0 Å². The summed E-state index contributed by atoms with van der Waals surface area (Å²) in [6, 6.07) is 9.58. The molecular weight excluding hydrogens is 320 g/mol. The van der Waals surface area contributed by atoms with Gasteiger partial charge in [-0.2, -0.15) is 0 Å². The zero-order valence-corrected chi connectivity index (χ0v) is 15.0. The molecule has 0 spiro atoms. The number of rotatable bonds is 7. The van der Waals surface area contributed by atoms with Crippen molar-refractivity contribution in [3.05, 3.63) is 35.9 Å². The first-order valence-corrected chi connectivity index (χ1v) is 8.64. The molecule has 0 saturated carbocycles. The predicted octanol–water partition coefficient (Wildman–Crippen LogP) is 2.17. The maximum atomic E-state index is 12.8. The topological polar surface area (TPSA) is 77.9 Å². The summed E-state index contributed by atoms with van der Waals surface area (Å²) in [7, 11) is 0. The predicted molar refractivity (Wildman–Crippen MR) is 93.7 cm³/mol. The average molecular weight is 346 g/mol. The van der Waals surface area contributed by atoms with Crippen molar-refractivity contribution >= 4 is 17.8 Å². The van der Waals surface area contributed by atoms with Gasteiger partial charge in [0, 0.05) is 19.5 Å². The van der Waals surface area contributed by atoms with Crippen LogP contribution in [-0.2, 0) is 14.4 Å². The van der Waals surface area contributed by atoms with Gasteiger partial charge in [-0.15, -0.1) is 0 Å². The van der Waals surface area contributed by atoms with Crippen LogP contribution in [0.3, 0.4) is 0 Å². The smallest absolute Gasteiger partial charge is 0.323 e. The summed E-state index contributed by atoms with van der Waals surface area (Å²) in [5, 5.41) is 9.06. The van der Waals surface area contributed by atoms with Crippen molar-refractivity contribution in [1.82, 2.24) is 9.80 Å². The summed E-state index contributed by atoms with van der Waals surface area (Å²) in [5.41, 5.74) is 1.02. The molecule has 1 aliphatic heterocycles. The molecule has 1 heterocycles. The number of carboxylic acid groups (broad SMARTS) is 1. The van der Waals surface area contributed by atoms with E-state index in [-0.39, 0.29) is 36.7 Å². The van der Waals surface area contributed by atoms with Gasteiger partial charge in [0.25, 0.3) is 0 Å². The van der Waals surface area contributed by atoms with Gasteiger partial charge in [0.2, 0.25) is 11.8 Å². The molecule has 2 amide bonds. The Bertz CT molecular complexity index is 630. The van der Waals surface area contributed by atoms with Crippen LogP contribution < -0.4 is 0 Å². The molecule has 6 nitrogen and oxygen atoms in total. The number of carboxylic acids is 1. The molecule has 2 rings (SSSR count). The van der Waals surface area contributed by atoms with Crippen LogP contribution in [-0.4, -0.2) is 52.3 Å². The summed E-state index contributed by atoms with van der Waals surface area (Å²) < 4.78 is 0. The number of likely N-dealkylation sites (tertiary alicyclic amines) is 1. The molecule has 0 aromatic heterocycles. The van der Waals surface area contributed by atoms with Crippen molar-refractivity contribution in [3.8, 4) is 0 Å². The number of carbonyl (C=O) groups is 3. The lowest BCUT2D eigenvalue weighted by molar-refractivity contribution is -0.146. The van der Waals surface area contributed by atoms with E-state index in [0.717, 1.165) is 5.56 Å². The maximum Gasteiger partial charge on any atom is 0.323 e. The molecule has 1 aromatic rings. The molecule has 0 bridgehead atoms. The van der Waals surface area contributed by atoms with Gasteiger partial charge in [-0.1, -0.05) is 44.2 Å². The van der Waals surface area contributed by atoms with Crippen LogP contribution in [0.25, 0.3) is 0 Å². The van der Waals surface area contributed by atoms with Gasteiger partial charge in [-0.25, -0.2) is 0 Å². The highest BCUT2D eigenvalue weighted by atomic mass is 16.4. The van der Waals surface area contributed by atoms with Crippen LogP contribution in [0, 0.1) is 11.8 Å². The first-order chi connectivity index (χ1) is 11.8. The van der Waals surface area contributed by atoms with Crippen LogP contribution in [0.1, 0.15) is 38.8 Å². The van der Waals surface area contributed by atoms with Gasteiger partial charge >= 0.3 is 5.97 Å². The molecule has 136 valence electrons. The molecule has 1 aromatic carbocycles. The Morgan fingerprint density at radius 3 is 2.44 bits per heavy atom. The van der Waals surface area contributed by atoms with E-state index in [9.17, 15) is 14.4 Å². The molecule has 1 N–H and O–H groups in total.